The van der Waals surface area contributed by atoms with E-state index in [1.54, 1.807) is 0 Å². The Kier molecular flexibility index (Phi) is 4.26. The minimum atomic E-state index is 0.826. The standard InChI is InChI=1S/C14H22N2O/c1-16(14-4-2-3-13(15)11-14)8-5-12-6-9-17-10-7-12/h2-4,11-12H,5-10,15H2,1H3. The van der Waals surface area contributed by atoms with E-state index >= 15 is 0 Å². The van der Waals surface area contributed by atoms with Crippen molar-refractivity contribution in [1.82, 2.24) is 0 Å². The first-order valence-corrected chi connectivity index (χ1v) is 6.40. The average molecular weight is 234 g/mol. The second kappa shape index (κ2) is 5.92. The van der Waals surface area contributed by atoms with Gasteiger partial charge >= 0.3 is 0 Å². The molecule has 0 spiro atoms. The molecule has 17 heavy (non-hydrogen) atoms. The molecule has 1 aliphatic rings. The first-order valence-electron chi connectivity index (χ1n) is 6.40. The van der Waals surface area contributed by atoms with Gasteiger partial charge in [-0.2, -0.15) is 0 Å². The predicted molar refractivity (Wildman–Crippen MR) is 72.3 cm³/mol. The molecule has 3 nitrogen and oxygen atoms in total. The number of nitrogens with two attached hydrogens (primary N) is 1. The van der Waals surface area contributed by atoms with Gasteiger partial charge in [-0.05, 0) is 43.4 Å². The summed E-state index contributed by atoms with van der Waals surface area (Å²) in [7, 11) is 2.13. The van der Waals surface area contributed by atoms with Gasteiger partial charge in [0.1, 0.15) is 0 Å². The van der Waals surface area contributed by atoms with E-state index in [2.05, 4.69) is 18.0 Å². The normalized spacial score (nSPS) is 17.0. The van der Waals surface area contributed by atoms with Crippen molar-refractivity contribution in [3.05, 3.63) is 24.3 Å². The van der Waals surface area contributed by atoms with Gasteiger partial charge in [0, 0.05) is 38.2 Å². The van der Waals surface area contributed by atoms with E-state index in [1.165, 1.54) is 24.9 Å². The Morgan fingerprint density at radius 1 is 1.35 bits per heavy atom. The molecule has 0 aliphatic carbocycles. The van der Waals surface area contributed by atoms with Gasteiger partial charge in [-0.15, -0.1) is 0 Å². The molecular formula is C14H22N2O. The first-order chi connectivity index (χ1) is 8.25. The third-order valence-corrected chi connectivity index (χ3v) is 3.52. The van der Waals surface area contributed by atoms with Crippen molar-refractivity contribution in [3.63, 3.8) is 0 Å². The van der Waals surface area contributed by atoms with Crippen LogP contribution in [0.3, 0.4) is 0 Å². The van der Waals surface area contributed by atoms with Crippen LogP contribution in [0.25, 0.3) is 0 Å². The molecule has 0 saturated carbocycles. The third-order valence-electron chi connectivity index (χ3n) is 3.52. The van der Waals surface area contributed by atoms with Gasteiger partial charge in [-0.3, -0.25) is 0 Å². The van der Waals surface area contributed by atoms with Crippen LogP contribution in [0.15, 0.2) is 24.3 Å². The Bertz CT molecular complexity index is 348. The number of hydrogen-bond acceptors (Lipinski definition) is 3. The molecule has 1 heterocycles. The number of hydrogen-bond donors (Lipinski definition) is 1. The van der Waals surface area contributed by atoms with Crippen LogP contribution in [-0.4, -0.2) is 26.8 Å². The maximum atomic E-state index is 5.79. The smallest absolute Gasteiger partial charge is 0.0468 e. The lowest BCUT2D eigenvalue weighted by atomic mass is 9.96. The van der Waals surface area contributed by atoms with Gasteiger partial charge in [0.05, 0.1) is 0 Å². The summed E-state index contributed by atoms with van der Waals surface area (Å²) in [6, 6.07) is 8.08. The molecular weight excluding hydrogens is 212 g/mol. The third kappa shape index (κ3) is 3.63. The van der Waals surface area contributed by atoms with Crippen LogP contribution >= 0.6 is 0 Å². The fourth-order valence-corrected chi connectivity index (χ4v) is 2.30. The highest BCUT2D eigenvalue weighted by Gasteiger charge is 2.14. The lowest BCUT2D eigenvalue weighted by Crippen LogP contribution is -2.24. The van der Waals surface area contributed by atoms with Crippen LogP contribution in [0.1, 0.15) is 19.3 Å². The van der Waals surface area contributed by atoms with Gasteiger partial charge in [-0.1, -0.05) is 6.07 Å². The molecule has 0 radical (unpaired) electrons. The fraction of sp³-hybridized carbons (Fsp3) is 0.571. The molecule has 1 aliphatic heterocycles. The summed E-state index contributed by atoms with van der Waals surface area (Å²) < 4.78 is 5.38. The lowest BCUT2D eigenvalue weighted by Gasteiger charge is -2.26. The van der Waals surface area contributed by atoms with E-state index in [0.717, 1.165) is 31.4 Å². The van der Waals surface area contributed by atoms with Gasteiger partial charge in [-0.25, -0.2) is 0 Å². The topological polar surface area (TPSA) is 38.5 Å². The zero-order valence-corrected chi connectivity index (χ0v) is 10.6. The quantitative estimate of drug-likeness (QED) is 0.814. The first kappa shape index (κ1) is 12.2. The van der Waals surface area contributed by atoms with Gasteiger partial charge < -0.3 is 15.4 Å². The van der Waals surface area contributed by atoms with Crippen LogP contribution in [0.2, 0.25) is 0 Å². The van der Waals surface area contributed by atoms with Gasteiger partial charge in [0.15, 0.2) is 0 Å². The summed E-state index contributed by atoms with van der Waals surface area (Å²) in [6.45, 7) is 2.97. The van der Waals surface area contributed by atoms with Crippen LogP contribution < -0.4 is 10.6 Å². The van der Waals surface area contributed by atoms with Crippen molar-refractivity contribution in [2.45, 2.75) is 19.3 Å². The Hall–Kier alpha value is -1.22. The highest BCUT2D eigenvalue weighted by atomic mass is 16.5. The maximum Gasteiger partial charge on any atom is 0.0468 e. The summed E-state index contributed by atoms with van der Waals surface area (Å²) in [6.07, 6.45) is 3.67. The van der Waals surface area contributed by atoms with Crippen LogP contribution in [0, 0.1) is 5.92 Å². The number of nitrogens with zero attached hydrogens (tertiary/aromatic N) is 1. The van der Waals surface area contributed by atoms with Crippen molar-refractivity contribution in [2.24, 2.45) is 5.92 Å². The minimum absolute atomic E-state index is 0.826. The molecule has 1 saturated heterocycles. The molecule has 0 unspecified atom stereocenters. The number of ether oxygens (including phenoxy) is 1. The van der Waals surface area contributed by atoms with E-state index in [9.17, 15) is 0 Å². The van der Waals surface area contributed by atoms with Crippen molar-refractivity contribution >= 4 is 11.4 Å². The largest absolute Gasteiger partial charge is 0.399 e. The molecule has 0 aromatic heterocycles. The molecule has 0 amide bonds. The summed E-state index contributed by atoms with van der Waals surface area (Å²) >= 11 is 0. The van der Waals surface area contributed by atoms with E-state index in [0.29, 0.717) is 0 Å². The molecule has 1 aromatic carbocycles. The van der Waals surface area contributed by atoms with Gasteiger partial charge in [0.2, 0.25) is 0 Å². The van der Waals surface area contributed by atoms with E-state index in [1.807, 2.05) is 18.2 Å². The van der Waals surface area contributed by atoms with Crippen molar-refractivity contribution in [1.29, 1.82) is 0 Å². The average Bonchev–Trinajstić information content (AvgIpc) is 2.37. The zero-order chi connectivity index (χ0) is 12.1. The number of benzene rings is 1. The van der Waals surface area contributed by atoms with E-state index in [-0.39, 0.29) is 0 Å². The van der Waals surface area contributed by atoms with Crippen molar-refractivity contribution in [3.8, 4) is 0 Å². The molecule has 3 heteroatoms. The molecule has 0 atom stereocenters. The molecule has 2 N–H and O–H groups in total. The molecule has 2 rings (SSSR count). The van der Waals surface area contributed by atoms with Crippen molar-refractivity contribution in [2.75, 3.05) is 37.4 Å². The lowest BCUT2D eigenvalue weighted by molar-refractivity contribution is 0.0645. The maximum absolute atomic E-state index is 5.79. The SMILES string of the molecule is CN(CCC1CCOCC1)c1cccc(N)c1. The highest BCUT2D eigenvalue weighted by Crippen LogP contribution is 2.21. The van der Waals surface area contributed by atoms with Crippen LogP contribution in [0.4, 0.5) is 11.4 Å². The van der Waals surface area contributed by atoms with E-state index < -0.39 is 0 Å². The van der Waals surface area contributed by atoms with Gasteiger partial charge in [0.25, 0.3) is 0 Å². The molecule has 1 fully saturated rings. The fourth-order valence-electron chi connectivity index (χ4n) is 2.30. The molecule has 94 valence electrons. The molecule has 1 aromatic rings. The Labute approximate surface area is 104 Å². The summed E-state index contributed by atoms with van der Waals surface area (Å²) in [4.78, 5) is 2.28. The van der Waals surface area contributed by atoms with E-state index in [4.69, 9.17) is 10.5 Å². The minimum Gasteiger partial charge on any atom is -0.399 e. The zero-order valence-electron chi connectivity index (χ0n) is 10.6. The van der Waals surface area contributed by atoms with Crippen LogP contribution in [-0.2, 0) is 4.74 Å². The number of anilines is 2. The number of rotatable bonds is 4. The monoisotopic (exact) mass is 234 g/mol. The number of nitrogen functional groups attached to an aromatic ring is 1. The molecule has 0 bridgehead atoms. The predicted octanol–water partition coefficient (Wildman–Crippen LogP) is 2.52. The second-order valence-electron chi connectivity index (χ2n) is 4.86. The second-order valence-corrected chi connectivity index (χ2v) is 4.86. The Balaban J connectivity index is 1.82. The summed E-state index contributed by atoms with van der Waals surface area (Å²) in [5.41, 5.74) is 7.83. The summed E-state index contributed by atoms with van der Waals surface area (Å²) in [5, 5.41) is 0. The summed E-state index contributed by atoms with van der Waals surface area (Å²) in [5.74, 6) is 0.826. The Morgan fingerprint density at radius 2 is 2.12 bits per heavy atom. The van der Waals surface area contributed by atoms with Crippen molar-refractivity contribution < 1.29 is 4.74 Å². The highest BCUT2D eigenvalue weighted by molar-refractivity contribution is 5.55. The Morgan fingerprint density at radius 3 is 2.82 bits per heavy atom. The van der Waals surface area contributed by atoms with Crippen LogP contribution in [0.5, 0.6) is 0 Å².